The number of phenolic OH excluding ortho intramolecular Hbond substituents is 1. The number of nitrogens with zero attached hydrogens (tertiary/aromatic N) is 3. The van der Waals surface area contributed by atoms with Crippen LogP contribution in [0.3, 0.4) is 0 Å². The van der Waals surface area contributed by atoms with Crippen LogP contribution < -0.4 is 16.0 Å². The summed E-state index contributed by atoms with van der Waals surface area (Å²) in [5.74, 6) is -0.314. The Hall–Kier alpha value is -3.23. The molecule has 15 heteroatoms. The van der Waals surface area contributed by atoms with Crippen LogP contribution in [0.5, 0.6) is 5.75 Å². The first-order chi connectivity index (χ1) is 22.5. The van der Waals surface area contributed by atoms with Gasteiger partial charge in [0.2, 0.25) is 5.91 Å². The molecular formula is C32H40ClF3N6O4S. The predicted octanol–water partition coefficient (Wildman–Crippen LogP) is 5.50. The number of carbonyl (C=O) groups excluding carboxylic acids is 3. The zero-order valence-electron chi connectivity index (χ0n) is 26.0. The van der Waals surface area contributed by atoms with Crippen LogP contribution in [0.15, 0.2) is 23.6 Å². The van der Waals surface area contributed by atoms with Gasteiger partial charge in [0.25, 0.3) is 0 Å². The fraction of sp³-hybridized carbons (Fsp3) is 0.594. The maximum atomic E-state index is 13.9. The topological polar surface area (TPSA) is 117 Å². The summed E-state index contributed by atoms with van der Waals surface area (Å²) in [4.78, 5) is 46.4. The number of nitrogens with one attached hydrogen (secondary N) is 3. The van der Waals surface area contributed by atoms with Crippen molar-refractivity contribution in [2.24, 2.45) is 11.8 Å². The molecule has 0 unspecified atom stereocenters. The first-order valence-corrected chi connectivity index (χ1v) is 17.5. The first kappa shape index (κ1) is 33.7. The summed E-state index contributed by atoms with van der Waals surface area (Å²) in [6, 6.07) is 2.01. The molecule has 6 rings (SSSR count). The molecule has 4 aliphatic rings. The number of amides is 5. The predicted molar refractivity (Wildman–Crippen MR) is 173 cm³/mol. The minimum atomic E-state index is -4.86. The Labute approximate surface area is 280 Å². The van der Waals surface area contributed by atoms with Crippen LogP contribution in [0.1, 0.15) is 54.5 Å². The van der Waals surface area contributed by atoms with E-state index >= 15 is 0 Å². The number of halogens is 4. The SMILES string of the molecule is O=C(N[C@H](Cc1cc(Cl)c(O)c(C(F)(F)F)c1)C(=O)N1CCC(C2CCNCC2)CC1)N1CCC(N2Cc3sccc3NC2=O)CC1. The standard InChI is InChI=1S/C32H40ClF3N6O4S/c33-24-16-19(15-23(28(24)43)32(34,35)36)17-26(29(44)40-10-3-21(4-11-40)20-1-8-37-9-2-20)39-30(45)41-12-5-22(6-13-41)42-18-27-25(7-14-47-27)38-31(42)46/h7,14-16,20-22,26,37,43H,1-6,8-13,17-18H2,(H,38,46)(H,39,45)/t26-/m1/s1. The highest BCUT2D eigenvalue weighted by atomic mass is 35.5. The number of thiophene rings is 1. The number of phenols is 1. The van der Waals surface area contributed by atoms with Crippen LogP contribution in [-0.4, -0.2) is 89.1 Å². The first-order valence-electron chi connectivity index (χ1n) is 16.3. The largest absolute Gasteiger partial charge is 0.506 e. The average molecular weight is 697 g/mol. The van der Waals surface area contributed by atoms with Crippen LogP contribution >= 0.6 is 22.9 Å². The highest BCUT2D eigenvalue weighted by molar-refractivity contribution is 7.10. The summed E-state index contributed by atoms with van der Waals surface area (Å²) < 4.78 is 41.1. The summed E-state index contributed by atoms with van der Waals surface area (Å²) in [5.41, 5.74) is -0.388. The van der Waals surface area contributed by atoms with Crippen LogP contribution in [0, 0.1) is 11.8 Å². The Bertz CT molecular complexity index is 1470. The van der Waals surface area contributed by atoms with Crippen LogP contribution in [0.2, 0.25) is 5.02 Å². The van der Waals surface area contributed by atoms with Gasteiger partial charge in [0.15, 0.2) is 0 Å². The molecule has 10 nitrogen and oxygen atoms in total. The van der Waals surface area contributed by atoms with Crippen molar-refractivity contribution in [1.82, 2.24) is 25.3 Å². The number of hydrogen-bond donors (Lipinski definition) is 4. The number of benzene rings is 1. The third-order valence-corrected chi connectivity index (χ3v) is 11.3. The van der Waals surface area contributed by atoms with Gasteiger partial charge in [0.1, 0.15) is 11.8 Å². The molecule has 2 aromatic rings. The van der Waals surface area contributed by atoms with Crippen molar-refractivity contribution >= 4 is 46.6 Å². The number of likely N-dealkylation sites (tertiary alicyclic amines) is 2. The van der Waals surface area contributed by atoms with Gasteiger partial charge in [-0.2, -0.15) is 13.2 Å². The third-order valence-electron chi connectivity index (χ3n) is 10.1. The maximum absolute atomic E-state index is 13.9. The lowest BCUT2D eigenvalue weighted by Gasteiger charge is -2.41. The van der Waals surface area contributed by atoms with E-state index in [1.165, 1.54) is 6.07 Å². The zero-order valence-corrected chi connectivity index (χ0v) is 27.5. The molecule has 3 saturated heterocycles. The fourth-order valence-electron chi connectivity index (χ4n) is 7.46. The molecule has 0 saturated carbocycles. The molecule has 3 fully saturated rings. The molecule has 4 N–H and O–H groups in total. The summed E-state index contributed by atoms with van der Waals surface area (Å²) >= 11 is 7.57. The van der Waals surface area contributed by atoms with Crippen molar-refractivity contribution in [3.63, 3.8) is 0 Å². The van der Waals surface area contributed by atoms with E-state index in [-0.39, 0.29) is 30.0 Å². The smallest absolute Gasteiger partial charge is 0.420 e. The summed E-state index contributed by atoms with van der Waals surface area (Å²) in [5, 5.41) is 20.6. The Balaban J connectivity index is 1.13. The van der Waals surface area contributed by atoms with Crippen molar-refractivity contribution in [3.05, 3.63) is 44.6 Å². The molecule has 256 valence electrons. The minimum Gasteiger partial charge on any atom is -0.506 e. The molecule has 1 atom stereocenters. The summed E-state index contributed by atoms with van der Waals surface area (Å²) in [7, 11) is 0. The normalized spacial score (nSPS) is 20.9. The molecule has 5 heterocycles. The van der Waals surface area contributed by atoms with Crippen LogP contribution in [0.4, 0.5) is 28.4 Å². The number of urea groups is 2. The van der Waals surface area contributed by atoms with E-state index in [9.17, 15) is 32.7 Å². The second-order valence-electron chi connectivity index (χ2n) is 13.0. The van der Waals surface area contributed by atoms with Crippen molar-refractivity contribution < 1.29 is 32.7 Å². The second kappa shape index (κ2) is 14.1. The fourth-order valence-corrected chi connectivity index (χ4v) is 8.53. The van der Waals surface area contributed by atoms with Crippen molar-refractivity contribution in [1.29, 1.82) is 0 Å². The molecule has 0 spiro atoms. The van der Waals surface area contributed by atoms with Gasteiger partial charge in [-0.1, -0.05) is 11.6 Å². The van der Waals surface area contributed by atoms with Gasteiger partial charge in [-0.3, -0.25) is 4.79 Å². The van der Waals surface area contributed by atoms with Gasteiger partial charge >= 0.3 is 18.2 Å². The number of hydrogen-bond acceptors (Lipinski definition) is 6. The molecule has 4 aliphatic heterocycles. The highest BCUT2D eigenvalue weighted by Crippen LogP contribution is 2.41. The lowest BCUT2D eigenvalue weighted by Crippen LogP contribution is -2.57. The lowest BCUT2D eigenvalue weighted by atomic mass is 9.79. The summed E-state index contributed by atoms with van der Waals surface area (Å²) in [6.45, 7) is 4.22. The van der Waals surface area contributed by atoms with E-state index in [2.05, 4.69) is 16.0 Å². The van der Waals surface area contributed by atoms with Gasteiger partial charge < -0.3 is 35.8 Å². The van der Waals surface area contributed by atoms with Gasteiger partial charge in [-0.15, -0.1) is 11.3 Å². The van der Waals surface area contributed by atoms with Gasteiger partial charge in [-0.25, -0.2) is 9.59 Å². The Kier molecular flexibility index (Phi) is 10.1. The molecule has 47 heavy (non-hydrogen) atoms. The van der Waals surface area contributed by atoms with E-state index in [1.54, 1.807) is 26.0 Å². The average Bonchev–Trinajstić information content (AvgIpc) is 3.52. The second-order valence-corrected chi connectivity index (χ2v) is 14.4. The Morgan fingerprint density at radius 1 is 1.02 bits per heavy atom. The molecular weight excluding hydrogens is 657 g/mol. The highest BCUT2D eigenvalue weighted by Gasteiger charge is 2.38. The molecule has 0 bridgehead atoms. The number of piperidine rings is 3. The minimum absolute atomic E-state index is 0.0621. The van der Waals surface area contributed by atoms with E-state index in [0.29, 0.717) is 57.4 Å². The molecule has 5 amide bonds. The van der Waals surface area contributed by atoms with Gasteiger partial charge in [-0.05, 0) is 92.6 Å². The third kappa shape index (κ3) is 7.59. The van der Waals surface area contributed by atoms with E-state index in [0.717, 1.165) is 55.4 Å². The monoisotopic (exact) mass is 696 g/mol. The number of anilines is 1. The lowest BCUT2D eigenvalue weighted by molar-refractivity contribution is -0.138. The number of carbonyl (C=O) groups is 3. The molecule has 1 aromatic heterocycles. The quantitative estimate of drug-likeness (QED) is 0.319. The van der Waals surface area contributed by atoms with E-state index < -0.39 is 34.6 Å². The summed E-state index contributed by atoms with van der Waals surface area (Å²) in [6.07, 6.45) is -0.0993. The van der Waals surface area contributed by atoms with Crippen molar-refractivity contribution in [2.45, 2.75) is 69.8 Å². The zero-order chi connectivity index (χ0) is 33.3. The maximum Gasteiger partial charge on any atom is 0.420 e. The number of aromatic hydroxyl groups is 1. The number of alkyl halides is 3. The van der Waals surface area contributed by atoms with E-state index in [4.69, 9.17) is 11.6 Å². The molecule has 0 radical (unpaired) electrons. The molecule has 0 aliphatic carbocycles. The van der Waals surface area contributed by atoms with Crippen LogP contribution in [0.25, 0.3) is 0 Å². The Morgan fingerprint density at radius 2 is 1.68 bits per heavy atom. The Morgan fingerprint density at radius 3 is 2.36 bits per heavy atom. The number of rotatable bonds is 6. The van der Waals surface area contributed by atoms with Gasteiger partial charge in [0.05, 0.1) is 22.8 Å². The van der Waals surface area contributed by atoms with Gasteiger partial charge in [0, 0.05) is 43.5 Å². The van der Waals surface area contributed by atoms with Crippen molar-refractivity contribution in [3.8, 4) is 5.75 Å². The van der Waals surface area contributed by atoms with Crippen LogP contribution in [-0.2, 0) is 23.9 Å². The van der Waals surface area contributed by atoms with Crippen molar-refractivity contribution in [2.75, 3.05) is 44.6 Å². The number of fused-ring (bicyclic) bond motifs is 1. The van der Waals surface area contributed by atoms with E-state index in [1.807, 2.05) is 11.4 Å². The molecule has 1 aromatic carbocycles.